The predicted octanol–water partition coefficient (Wildman–Crippen LogP) is 2.82. The first kappa shape index (κ1) is 14.4. The average molecular weight is 263 g/mol. The Bertz CT molecular complexity index is 392. The quantitative estimate of drug-likeness (QED) is 0.709. The van der Waals surface area contributed by atoms with Crippen molar-refractivity contribution in [2.45, 2.75) is 44.6 Å². The first-order valence-corrected chi connectivity index (χ1v) is 7.39. The van der Waals surface area contributed by atoms with Crippen molar-refractivity contribution in [1.29, 1.82) is 0 Å². The molecule has 0 fully saturated rings. The van der Waals surface area contributed by atoms with Crippen molar-refractivity contribution >= 4 is 0 Å². The molecule has 0 saturated carbocycles. The van der Waals surface area contributed by atoms with Crippen molar-refractivity contribution in [3.63, 3.8) is 0 Å². The van der Waals surface area contributed by atoms with Crippen LogP contribution in [0.5, 0.6) is 5.75 Å². The van der Waals surface area contributed by atoms with Crippen LogP contribution >= 0.6 is 0 Å². The lowest BCUT2D eigenvalue weighted by Gasteiger charge is -2.13. The molecule has 3 nitrogen and oxygen atoms in total. The number of hydrogen-bond acceptors (Lipinski definition) is 3. The Kier molecular flexibility index (Phi) is 5.67. The van der Waals surface area contributed by atoms with Crippen LogP contribution in [0.4, 0.5) is 0 Å². The molecule has 0 aliphatic heterocycles. The lowest BCUT2D eigenvalue weighted by atomic mass is 10.1. The van der Waals surface area contributed by atoms with Crippen molar-refractivity contribution in [2.75, 3.05) is 20.3 Å². The Labute approximate surface area is 116 Å². The second-order valence-corrected chi connectivity index (χ2v) is 5.19. The molecular formula is C16H25NO2. The molecule has 2 N–H and O–H groups in total. The van der Waals surface area contributed by atoms with Gasteiger partial charge in [0, 0.05) is 12.6 Å². The fourth-order valence-corrected chi connectivity index (χ4v) is 2.81. The number of nitrogens with one attached hydrogen (secondary N) is 1. The Morgan fingerprint density at radius 2 is 2.11 bits per heavy atom. The van der Waals surface area contributed by atoms with Crippen LogP contribution in [0.15, 0.2) is 18.2 Å². The van der Waals surface area contributed by atoms with Gasteiger partial charge in [-0.2, -0.15) is 0 Å². The smallest absolute Gasteiger partial charge is 0.122 e. The van der Waals surface area contributed by atoms with Crippen molar-refractivity contribution in [1.82, 2.24) is 5.32 Å². The number of hydrogen-bond donors (Lipinski definition) is 2. The van der Waals surface area contributed by atoms with Gasteiger partial charge in [-0.1, -0.05) is 18.6 Å². The molecule has 0 radical (unpaired) electrons. The van der Waals surface area contributed by atoms with Crippen LogP contribution in [0.3, 0.4) is 0 Å². The van der Waals surface area contributed by atoms with Gasteiger partial charge >= 0.3 is 0 Å². The molecule has 1 aromatic rings. The molecule has 0 heterocycles. The number of rotatable bonds is 8. The highest BCUT2D eigenvalue weighted by atomic mass is 16.5. The lowest BCUT2D eigenvalue weighted by molar-refractivity contribution is 0.273. The number of aliphatic hydroxyl groups is 1. The van der Waals surface area contributed by atoms with E-state index in [9.17, 15) is 0 Å². The first-order chi connectivity index (χ1) is 9.36. The summed E-state index contributed by atoms with van der Waals surface area (Å²) in [5.41, 5.74) is 2.79. The van der Waals surface area contributed by atoms with E-state index in [0.29, 0.717) is 12.6 Å². The van der Waals surface area contributed by atoms with Gasteiger partial charge in [-0.05, 0) is 56.3 Å². The topological polar surface area (TPSA) is 41.5 Å². The maximum absolute atomic E-state index is 8.72. The molecule has 0 bridgehead atoms. The summed E-state index contributed by atoms with van der Waals surface area (Å²) in [5.74, 6) is 1.07. The second kappa shape index (κ2) is 7.51. The van der Waals surface area contributed by atoms with Gasteiger partial charge in [0.15, 0.2) is 0 Å². The zero-order valence-corrected chi connectivity index (χ0v) is 11.8. The van der Waals surface area contributed by atoms with Gasteiger partial charge in [0.2, 0.25) is 0 Å². The van der Waals surface area contributed by atoms with Gasteiger partial charge in [-0.15, -0.1) is 0 Å². The fraction of sp³-hybridized carbons (Fsp3) is 0.625. The molecule has 1 aliphatic rings. The summed E-state index contributed by atoms with van der Waals surface area (Å²) in [6.07, 6.45) is 6.48. The highest BCUT2D eigenvalue weighted by molar-refractivity contribution is 5.45. The molecule has 0 aromatic heterocycles. The van der Waals surface area contributed by atoms with E-state index in [1.807, 2.05) is 7.05 Å². The molecule has 0 saturated heterocycles. The molecule has 1 aromatic carbocycles. The van der Waals surface area contributed by atoms with Crippen molar-refractivity contribution < 1.29 is 9.84 Å². The maximum Gasteiger partial charge on any atom is 0.122 e. The van der Waals surface area contributed by atoms with Crippen LogP contribution in [-0.4, -0.2) is 25.4 Å². The molecule has 3 heteroatoms. The number of ether oxygens (including phenoxy) is 1. The van der Waals surface area contributed by atoms with Crippen LogP contribution in [-0.2, 0) is 6.42 Å². The number of benzene rings is 1. The Hall–Kier alpha value is -1.06. The average Bonchev–Trinajstić information content (AvgIpc) is 2.86. The third kappa shape index (κ3) is 3.71. The number of unbranched alkanes of at least 4 members (excludes halogenated alkanes) is 3. The highest BCUT2D eigenvalue weighted by Gasteiger charge is 2.23. The summed E-state index contributed by atoms with van der Waals surface area (Å²) in [6, 6.07) is 6.88. The van der Waals surface area contributed by atoms with E-state index in [0.717, 1.165) is 44.5 Å². The molecule has 2 rings (SSSR count). The molecule has 0 spiro atoms. The van der Waals surface area contributed by atoms with E-state index in [1.165, 1.54) is 17.5 Å². The standard InChI is InChI=1S/C16H25NO2/c1-17-15-10-9-14-13(15)7-6-8-16(14)19-12-5-3-2-4-11-18/h6-8,15,17-18H,2-5,9-12H2,1H3. The third-order valence-corrected chi connectivity index (χ3v) is 3.89. The van der Waals surface area contributed by atoms with Crippen LogP contribution < -0.4 is 10.1 Å². The Morgan fingerprint density at radius 3 is 2.89 bits per heavy atom. The van der Waals surface area contributed by atoms with Gasteiger partial charge < -0.3 is 15.2 Å². The zero-order chi connectivity index (χ0) is 13.5. The minimum absolute atomic E-state index is 0.304. The van der Waals surface area contributed by atoms with Gasteiger partial charge in [0.1, 0.15) is 5.75 Å². The van der Waals surface area contributed by atoms with Crippen molar-refractivity contribution in [3.8, 4) is 5.75 Å². The summed E-state index contributed by atoms with van der Waals surface area (Å²) in [5, 5.41) is 12.1. The van der Waals surface area contributed by atoms with E-state index in [4.69, 9.17) is 9.84 Å². The summed E-state index contributed by atoms with van der Waals surface area (Å²) < 4.78 is 5.93. The van der Waals surface area contributed by atoms with Crippen molar-refractivity contribution in [3.05, 3.63) is 29.3 Å². The van der Waals surface area contributed by atoms with Gasteiger partial charge in [0.25, 0.3) is 0 Å². The molecule has 1 atom stereocenters. The van der Waals surface area contributed by atoms with E-state index in [2.05, 4.69) is 23.5 Å². The third-order valence-electron chi connectivity index (χ3n) is 3.89. The summed E-state index contributed by atoms with van der Waals surface area (Å²) in [4.78, 5) is 0. The SMILES string of the molecule is CNC1CCc2c(OCCCCCCO)cccc21. The first-order valence-electron chi connectivity index (χ1n) is 7.39. The highest BCUT2D eigenvalue weighted by Crippen LogP contribution is 2.36. The number of aliphatic hydroxyl groups excluding tert-OH is 1. The summed E-state index contributed by atoms with van der Waals surface area (Å²) in [6.45, 7) is 1.09. The second-order valence-electron chi connectivity index (χ2n) is 5.19. The maximum atomic E-state index is 8.72. The minimum atomic E-state index is 0.304. The van der Waals surface area contributed by atoms with E-state index in [-0.39, 0.29) is 0 Å². The Balaban J connectivity index is 1.83. The van der Waals surface area contributed by atoms with Crippen LogP contribution in [0.2, 0.25) is 0 Å². The lowest BCUT2D eigenvalue weighted by Crippen LogP contribution is -2.12. The monoisotopic (exact) mass is 263 g/mol. The molecule has 0 amide bonds. The molecule has 1 aliphatic carbocycles. The Morgan fingerprint density at radius 1 is 1.26 bits per heavy atom. The van der Waals surface area contributed by atoms with Gasteiger partial charge in [-0.3, -0.25) is 0 Å². The normalized spacial score (nSPS) is 17.5. The zero-order valence-electron chi connectivity index (χ0n) is 11.8. The summed E-state index contributed by atoms with van der Waals surface area (Å²) >= 11 is 0. The van der Waals surface area contributed by atoms with E-state index < -0.39 is 0 Å². The largest absolute Gasteiger partial charge is 0.493 e. The molecule has 19 heavy (non-hydrogen) atoms. The van der Waals surface area contributed by atoms with E-state index >= 15 is 0 Å². The van der Waals surface area contributed by atoms with Crippen LogP contribution in [0, 0.1) is 0 Å². The molecule has 106 valence electrons. The van der Waals surface area contributed by atoms with Crippen LogP contribution in [0.25, 0.3) is 0 Å². The van der Waals surface area contributed by atoms with E-state index in [1.54, 1.807) is 0 Å². The minimum Gasteiger partial charge on any atom is -0.493 e. The van der Waals surface area contributed by atoms with Gasteiger partial charge in [0.05, 0.1) is 6.61 Å². The van der Waals surface area contributed by atoms with Crippen LogP contribution in [0.1, 0.15) is 49.3 Å². The fourth-order valence-electron chi connectivity index (χ4n) is 2.81. The molecular weight excluding hydrogens is 238 g/mol. The van der Waals surface area contributed by atoms with Crippen molar-refractivity contribution in [2.24, 2.45) is 0 Å². The number of fused-ring (bicyclic) bond motifs is 1. The van der Waals surface area contributed by atoms with Gasteiger partial charge in [-0.25, -0.2) is 0 Å². The predicted molar refractivity (Wildman–Crippen MR) is 77.6 cm³/mol. The molecule has 1 unspecified atom stereocenters. The summed E-state index contributed by atoms with van der Waals surface area (Å²) in [7, 11) is 2.02.